The first-order chi connectivity index (χ1) is 15.3. The van der Waals surface area contributed by atoms with Crippen LogP contribution in [0.3, 0.4) is 0 Å². The lowest BCUT2D eigenvalue weighted by Crippen LogP contribution is -2.33. The fraction of sp³-hybridized carbons (Fsp3) is 0.409. The number of aromatic nitrogens is 3. The van der Waals surface area contributed by atoms with E-state index in [0.29, 0.717) is 28.3 Å². The Morgan fingerprint density at radius 3 is 2.59 bits per heavy atom. The highest BCUT2D eigenvalue weighted by molar-refractivity contribution is 5.91. The van der Waals surface area contributed by atoms with Crippen molar-refractivity contribution in [3.8, 4) is 6.07 Å². The maximum Gasteiger partial charge on any atom is 0.407 e. The predicted octanol–water partition coefficient (Wildman–Crippen LogP) is 4.55. The zero-order valence-corrected chi connectivity index (χ0v) is 17.4. The number of nitriles is 1. The summed E-state index contributed by atoms with van der Waals surface area (Å²) in [6, 6.07) is 7.91. The highest BCUT2D eigenvalue weighted by Crippen LogP contribution is 2.43. The van der Waals surface area contributed by atoms with Crippen molar-refractivity contribution in [2.75, 3.05) is 11.9 Å². The van der Waals surface area contributed by atoms with Gasteiger partial charge in [0.1, 0.15) is 11.4 Å². The summed E-state index contributed by atoms with van der Waals surface area (Å²) in [4.78, 5) is 15.2. The predicted molar refractivity (Wildman–Crippen MR) is 115 cm³/mol. The minimum absolute atomic E-state index is 0.0981. The Kier molecular flexibility index (Phi) is 5.93. The van der Waals surface area contributed by atoms with Crippen LogP contribution in [0.15, 0.2) is 41.3 Å². The first-order valence-electron chi connectivity index (χ1n) is 10.5. The smallest absolute Gasteiger partial charge is 0.338 e. The summed E-state index contributed by atoms with van der Waals surface area (Å²) < 4.78 is 41.7. The molecule has 1 fully saturated rings. The molecular weight excluding hydrogens is 421 g/mol. The fourth-order valence-electron chi connectivity index (χ4n) is 3.99. The van der Waals surface area contributed by atoms with Gasteiger partial charge in [0.05, 0.1) is 24.0 Å². The Hall–Kier alpha value is -3.32. The number of anilines is 2. The number of fused-ring (bicyclic) bond motifs is 1. The minimum Gasteiger partial charge on any atom is -0.338 e. The molecule has 1 aliphatic rings. The van der Waals surface area contributed by atoms with Crippen LogP contribution in [0.2, 0.25) is 0 Å². The van der Waals surface area contributed by atoms with E-state index in [-0.39, 0.29) is 30.1 Å². The van der Waals surface area contributed by atoms with Crippen LogP contribution in [0.5, 0.6) is 0 Å². The SMILES string of the molecule is CCN[C@H](c1ccc(Nc2nn([C@@H](CC#N)C3CC3)c3cc[nH]c(=O)c23)cc1)C(F)(F)F. The van der Waals surface area contributed by atoms with Crippen LogP contribution in [-0.2, 0) is 0 Å². The summed E-state index contributed by atoms with van der Waals surface area (Å²) in [5, 5.41) is 19.7. The molecule has 2 atom stereocenters. The van der Waals surface area contributed by atoms with Gasteiger partial charge in [-0.15, -0.1) is 0 Å². The lowest BCUT2D eigenvalue weighted by atomic mass is 10.1. The Bertz CT molecular complexity index is 1190. The molecule has 10 heteroatoms. The summed E-state index contributed by atoms with van der Waals surface area (Å²) in [5.41, 5.74) is 0.887. The first kappa shape index (κ1) is 21.9. The van der Waals surface area contributed by atoms with Crippen LogP contribution < -0.4 is 16.2 Å². The zero-order chi connectivity index (χ0) is 22.9. The largest absolute Gasteiger partial charge is 0.407 e. The number of hydrogen-bond donors (Lipinski definition) is 3. The van der Waals surface area contributed by atoms with Gasteiger partial charge in [0.2, 0.25) is 0 Å². The van der Waals surface area contributed by atoms with Crippen molar-refractivity contribution in [2.24, 2.45) is 5.92 Å². The second-order valence-corrected chi connectivity index (χ2v) is 7.91. The molecule has 0 aliphatic heterocycles. The summed E-state index contributed by atoms with van der Waals surface area (Å²) in [6.07, 6.45) is -0.576. The summed E-state index contributed by atoms with van der Waals surface area (Å²) in [5.74, 6) is 0.645. The molecule has 0 amide bonds. The normalized spacial score (nSPS) is 16.0. The number of nitrogens with one attached hydrogen (secondary N) is 3. The van der Waals surface area contributed by atoms with Crippen molar-refractivity contribution >= 4 is 22.4 Å². The molecule has 3 N–H and O–H groups in total. The van der Waals surface area contributed by atoms with Gasteiger partial charge in [-0.1, -0.05) is 19.1 Å². The molecule has 1 saturated carbocycles. The second kappa shape index (κ2) is 8.67. The number of hydrogen-bond acceptors (Lipinski definition) is 5. The molecule has 7 nitrogen and oxygen atoms in total. The zero-order valence-electron chi connectivity index (χ0n) is 17.4. The van der Waals surface area contributed by atoms with E-state index in [1.165, 1.54) is 30.5 Å². The Labute approximate surface area is 182 Å². The number of nitrogens with zero attached hydrogens (tertiary/aromatic N) is 3. The second-order valence-electron chi connectivity index (χ2n) is 7.91. The molecule has 4 rings (SSSR count). The van der Waals surface area contributed by atoms with E-state index >= 15 is 0 Å². The summed E-state index contributed by atoms with van der Waals surface area (Å²) in [7, 11) is 0. The number of rotatable bonds is 8. The number of benzene rings is 1. The minimum atomic E-state index is -4.41. The van der Waals surface area contributed by atoms with Crippen molar-refractivity contribution < 1.29 is 13.2 Å². The molecule has 0 saturated heterocycles. The van der Waals surface area contributed by atoms with Crippen LogP contribution in [0.1, 0.15) is 43.8 Å². The van der Waals surface area contributed by atoms with Gasteiger partial charge in [-0.3, -0.25) is 9.48 Å². The van der Waals surface area contributed by atoms with Gasteiger partial charge in [-0.05, 0) is 49.1 Å². The number of alkyl halides is 3. The molecule has 0 radical (unpaired) electrons. The molecule has 2 heterocycles. The number of halogens is 3. The molecule has 32 heavy (non-hydrogen) atoms. The molecule has 168 valence electrons. The maximum absolute atomic E-state index is 13.3. The van der Waals surface area contributed by atoms with Gasteiger partial charge in [-0.2, -0.15) is 23.5 Å². The van der Waals surface area contributed by atoms with Crippen LogP contribution in [0.25, 0.3) is 10.9 Å². The molecule has 3 aromatic rings. The van der Waals surface area contributed by atoms with E-state index < -0.39 is 12.2 Å². The third-order valence-corrected chi connectivity index (χ3v) is 5.65. The lowest BCUT2D eigenvalue weighted by Gasteiger charge is -2.21. The van der Waals surface area contributed by atoms with E-state index in [1.807, 2.05) is 0 Å². The van der Waals surface area contributed by atoms with Crippen LogP contribution in [0, 0.1) is 17.2 Å². The van der Waals surface area contributed by atoms with E-state index in [1.54, 1.807) is 17.7 Å². The number of aromatic amines is 1. The summed E-state index contributed by atoms with van der Waals surface area (Å²) >= 11 is 0. The monoisotopic (exact) mass is 444 g/mol. The molecule has 0 unspecified atom stereocenters. The summed E-state index contributed by atoms with van der Waals surface area (Å²) in [6.45, 7) is 1.80. The average molecular weight is 444 g/mol. The van der Waals surface area contributed by atoms with Crippen LogP contribution in [0.4, 0.5) is 24.7 Å². The van der Waals surface area contributed by atoms with E-state index in [4.69, 9.17) is 0 Å². The molecule has 0 spiro atoms. The Morgan fingerprint density at radius 1 is 1.28 bits per heavy atom. The van der Waals surface area contributed by atoms with Crippen molar-refractivity contribution in [3.05, 3.63) is 52.4 Å². The van der Waals surface area contributed by atoms with E-state index in [2.05, 4.69) is 26.8 Å². The van der Waals surface area contributed by atoms with Gasteiger partial charge in [0.25, 0.3) is 5.56 Å². The quantitative estimate of drug-likeness (QED) is 0.474. The third-order valence-electron chi connectivity index (χ3n) is 5.65. The molecule has 0 bridgehead atoms. The van der Waals surface area contributed by atoms with Gasteiger partial charge in [0.15, 0.2) is 5.82 Å². The first-order valence-corrected chi connectivity index (χ1v) is 10.5. The number of H-pyrrole nitrogens is 1. The Balaban J connectivity index is 1.68. The Morgan fingerprint density at radius 2 is 2.00 bits per heavy atom. The molecule has 1 aromatic carbocycles. The van der Waals surface area contributed by atoms with Gasteiger partial charge in [-0.25, -0.2) is 0 Å². The van der Waals surface area contributed by atoms with Crippen molar-refractivity contribution in [3.63, 3.8) is 0 Å². The van der Waals surface area contributed by atoms with Crippen LogP contribution >= 0.6 is 0 Å². The van der Waals surface area contributed by atoms with Crippen molar-refractivity contribution in [1.29, 1.82) is 5.26 Å². The lowest BCUT2D eigenvalue weighted by molar-refractivity contribution is -0.157. The van der Waals surface area contributed by atoms with Gasteiger partial charge >= 0.3 is 6.18 Å². The molecule has 1 aliphatic carbocycles. The standard InChI is InChI=1S/C22H23F3N6O/c1-2-27-19(22(23,24)25)14-5-7-15(8-6-14)29-20-18-17(10-12-28-21(18)32)31(30-20)16(9-11-26)13-3-4-13/h5-8,10,12-13,16,19,27H,2-4,9H2,1H3,(H,28,32)(H,29,30)/t16-,19+/m0/s1. The van der Waals surface area contributed by atoms with Gasteiger partial charge < -0.3 is 15.6 Å². The maximum atomic E-state index is 13.3. The van der Waals surface area contributed by atoms with Crippen LogP contribution in [-0.4, -0.2) is 27.5 Å². The highest BCUT2D eigenvalue weighted by atomic mass is 19.4. The molecular formula is C22H23F3N6O. The third kappa shape index (κ3) is 4.34. The fourth-order valence-corrected chi connectivity index (χ4v) is 3.99. The van der Waals surface area contributed by atoms with Crippen molar-refractivity contribution in [2.45, 2.75) is 44.4 Å². The highest BCUT2D eigenvalue weighted by Gasteiger charge is 2.40. The van der Waals surface area contributed by atoms with Gasteiger partial charge in [0, 0.05) is 11.9 Å². The van der Waals surface area contributed by atoms with E-state index in [0.717, 1.165) is 12.8 Å². The topological polar surface area (TPSA) is 98.5 Å². The van der Waals surface area contributed by atoms with E-state index in [9.17, 15) is 23.2 Å². The number of pyridine rings is 1. The average Bonchev–Trinajstić information content (AvgIpc) is 3.53. The van der Waals surface area contributed by atoms with Crippen molar-refractivity contribution in [1.82, 2.24) is 20.1 Å². The molecule has 2 aromatic heterocycles.